The topological polar surface area (TPSA) is 81.3 Å². The maximum absolute atomic E-state index is 10.6. The zero-order chi connectivity index (χ0) is 10.0. The Labute approximate surface area is 87.6 Å². The van der Waals surface area contributed by atoms with Crippen LogP contribution in [0.4, 0.5) is 0 Å². The van der Waals surface area contributed by atoms with Gasteiger partial charge in [0.15, 0.2) is 0 Å². The molecule has 0 bridgehead atoms. The van der Waals surface area contributed by atoms with Crippen LogP contribution in [-0.2, 0) is 0 Å². The predicted octanol–water partition coefficient (Wildman–Crippen LogP) is 1.57. The molecule has 0 amide bonds. The van der Waals surface area contributed by atoms with Crippen molar-refractivity contribution in [2.45, 2.75) is 0 Å². The molecule has 0 saturated heterocycles. The fourth-order valence-corrected chi connectivity index (χ4v) is 1.66. The van der Waals surface area contributed by atoms with Crippen molar-refractivity contribution in [3.05, 3.63) is 26.8 Å². The minimum Gasteiger partial charge on any atom is -0.507 e. The number of phenols is 1. The molecule has 1 aromatic rings. The molecule has 0 aliphatic carbocycles. The monoisotopic (exact) mass is 289 g/mol. The molecule has 0 aliphatic heterocycles. The van der Waals surface area contributed by atoms with Crippen molar-refractivity contribution in [2.24, 2.45) is 0 Å². The lowest BCUT2D eigenvalue weighted by molar-refractivity contribution is 0.0692. The third kappa shape index (κ3) is 1.72. The first-order valence-corrected chi connectivity index (χ1v) is 4.30. The zero-order valence-electron chi connectivity index (χ0n) is 6.28. The van der Waals surface area contributed by atoms with Gasteiger partial charge in [0, 0.05) is 3.57 Å². The maximum atomic E-state index is 10.6. The van der Waals surface area contributed by atoms with Crippen LogP contribution >= 0.6 is 22.6 Å². The van der Waals surface area contributed by atoms with Crippen LogP contribution in [0.25, 0.3) is 0 Å². The van der Waals surface area contributed by atoms with Gasteiger partial charge in [0.2, 0.25) is 0 Å². The fourth-order valence-electron chi connectivity index (χ4n) is 0.856. The van der Waals surface area contributed by atoms with Crippen molar-refractivity contribution in [1.29, 1.82) is 5.26 Å². The van der Waals surface area contributed by atoms with Gasteiger partial charge in [-0.25, -0.2) is 4.79 Å². The van der Waals surface area contributed by atoms with Crippen molar-refractivity contribution >= 4 is 28.6 Å². The van der Waals surface area contributed by atoms with Gasteiger partial charge in [-0.2, -0.15) is 5.26 Å². The summed E-state index contributed by atoms with van der Waals surface area (Å²) in [6.45, 7) is 0. The third-order valence-corrected chi connectivity index (χ3v) is 2.57. The summed E-state index contributed by atoms with van der Waals surface area (Å²) in [5.41, 5.74) is 0.0236. The second-order valence-corrected chi connectivity index (χ2v) is 3.32. The predicted molar refractivity (Wildman–Crippen MR) is 52.5 cm³/mol. The molecular weight excluding hydrogens is 285 g/mol. The van der Waals surface area contributed by atoms with Gasteiger partial charge < -0.3 is 10.2 Å². The fraction of sp³-hybridized carbons (Fsp3) is 0. The lowest BCUT2D eigenvalue weighted by Gasteiger charge is -2.02. The van der Waals surface area contributed by atoms with Gasteiger partial charge in [0.25, 0.3) is 0 Å². The first kappa shape index (κ1) is 9.80. The van der Waals surface area contributed by atoms with Crippen molar-refractivity contribution in [2.75, 3.05) is 0 Å². The van der Waals surface area contributed by atoms with Crippen LogP contribution in [0.3, 0.4) is 0 Å². The van der Waals surface area contributed by atoms with Crippen molar-refractivity contribution in [3.63, 3.8) is 0 Å². The van der Waals surface area contributed by atoms with Gasteiger partial charge in [0.05, 0.1) is 5.56 Å². The second kappa shape index (κ2) is 3.62. The van der Waals surface area contributed by atoms with E-state index in [1.54, 1.807) is 22.6 Å². The Morgan fingerprint density at radius 3 is 2.62 bits per heavy atom. The molecule has 0 saturated carbocycles. The smallest absolute Gasteiger partial charge is 0.340 e. The average molecular weight is 289 g/mol. The van der Waals surface area contributed by atoms with E-state index >= 15 is 0 Å². The third-order valence-electron chi connectivity index (χ3n) is 1.45. The molecule has 0 spiro atoms. The molecule has 0 fully saturated rings. The number of hydrogen-bond acceptors (Lipinski definition) is 3. The van der Waals surface area contributed by atoms with Crippen LogP contribution < -0.4 is 0 Å². The molecule has 0 aliphatic rings. The molecule has 0 radical (unpaired) electrons. The number of nitrogens with zero attached hydrogens (tertiary/aromatic N) is 1. The summed E-state index contributed by atoms with van der Waals surface area (Å²) >= 11 is 1.72. The molecule has 13 heavy (non-hydrogen) atoms. The number of carboxylic acid groups (broad SMARTS) is 1. The van der Waals surface area contributed by atoms with Crippen molar-refractivity contribution in [1.82, 2.24) is 0 Å². The first-order chi connectivity index (χ1) is 6.07. The molecule has 0 unspecified atom stereocenters. The molecule has 1 aromatic carbocycles. The number of benzene rings is 1. The summed E-state index contributed by atoms with van der Waals surface area (Å²) in [6, 6.07) is 4.41. The number of aromatic hydroxyl groups is 1. The quantitative estimate of drug-likeness (QED) is 0.769. The first-order valence-electron chi connectivity index (χ1n) is 3.22. The van der Waals surface area contributed by atoms with Crippen LogP contribution in [-0.4, -0.2) is 16.2 Å². The lowest BCUT2D eigenvalue weighted by Crippen LogP contribution is -2.01. The molecule has 0 heterocycles. The van der Waals surface area contributed by atoms with Gasteiger partial charge in [-0.3, -0.25) is 0 Å². The number of nitriles is 1. The molecule has 5 heteroatoms. The van der Waals surface area contributed by atoms with Crippen LogP contribution in [0.15, 0.2) is 12.1 Å². The molecule has 2 N–H and O–H groups in total. The van der Waals surface area contributed by atoms with E-state index in [9.17, 15) is 9.90 Å². The number of carboxylic acids is 1. The highest BCUT2D eigenvalue weighted by Gasteiger charge is 2.16. The Hall–Kier alpha value is -1.29. The molecular formula is C8H4INO3. The van der Waals surface area contributed by atoms with E-state index < -0.39 is 5.97 Å². The highest BCUT2D eigenvalue weighted by molar-refractivity contribution is 14.1. The van der Waals surface area contributed by atoms with Gasteiger partial charge in [-0.15, -0.1) is 0 Å². The standard InChI is InChI=1S/C8H4INO3/c9-7-4(3-10)1-2-5(11)6(7)8(12)13/h1-2,11H,(H,12,13). The number of rotatable bonds is 1. The number of aromatic carboxylic acids is 1. The van der Waals surface area contributed by atoms with E-state index in [1.165, 1.54) is 12.1 Å². The van der Waals surface area contributed by atoms with Crippen molar-refractivity contribution in [3.8, 4) is 11.8 Å². The maximum Gasteiger partial charge on any atom is 0.340 e. The Balaban J connectivity index is 3.50. The van der Waals surface area contributed by atoms with E-state index in [2.05, 4.69) is 0 Å². The summed E-state index contributed by atoms with van der Waals surface area (Å²) in [5, 5.41) is 26.5. The molecule has 0 aromatic heterocycles. The Morgan fingerprint density at radius 2 is 2.15 bits per heavy atom. The molecule has 1 rings (SSSR count). The Morgan fingerprint density at radius 1 is 1.54 bits per heavy atom. The van der Waals surface area contributed by atoms with E-state index in [0.717, 1.165) is 0 Å². The van der Waals surface area contributed by atoms with E-state index in [1.807, 2.05) is 6.07 Å². The van der Waals surface area contributed by atoms with Gasteiger partial charge in [0.1, 0.15) is 17.4 Å². The van der Waals surface area contributed by atoms with Crippen molar-refractivity contribution < 1.29 is 15.0 Å². The summed E-state index contributed by atoms with van der Waals surface area (Å²) in [5.74, 6) is -1.56. The van der Waals surface area contributed by atoms with E-state index in [-0.39, 0.29) is 20.4 Å². The van der Waals surface area contributed by atoms with E-state index in [0.29, 0.717) is 0 Å². The zero-order valence-corrected chi connectivity index (χ0v) is 8.44. The summed E-state index contributed by atoms with van der Waals surface area (Å²) in [7, 11) is 0. The lowest BCUT2D eigenvalue weighted by atomic mass is 10.1. The van der Waals surface area contributed by atoms with Crippen LogP contribution in [0.1, 0.15) is 15.9 Å². The minimum absolute atomic E-state index is 0.223. The number of hydrogen-bond donors (Lipinski definition) is 2. The Bertz CT molecular complexity index is 409. The molecule has 66 valence electrons. The van der Waals surface area contributed by atoms with Crippen LogP contribution in [0, 0.1) is 14.9 Å². The Kier molecular flexibility index (Phi) is 2.72. The summed E-state index contributed by atoms with van der Waals surface area (Å²) < 4.78 is 0.257. The number of carbonyl (C=O) groups is 1. The largest absolute Gasteiger partial charge is 0.507 e. The molecule has 0 atom stereocenters. The van der Waals surface area contributed by atoms with Crippen LogP contribution in [0.5, 0.6) is 5.75 Å². The second-order valence-electron chi connectivity index (χ2n) is 2.24. The highest BCUT2D eigenvalue weighted by Crippen LogP contribution is 2.25. The molecule has 4 nitrogen and oxygen atoms in total. The van der Waals surface area contributed by atoms with Gasteiger partial charge in [-0.05, 0) is 34.7 Å². The SMILES string of the molecule is N#Cc1ccc(O)c(C(=O)O)c1I. The average Bonchev–Trinajstić information content (AvgIpc) is 2.04. The van der Waals surface area contributed by atoms with Gasteiger partial charge >= 0.3 is 5.97 Å². The minimum atomic E-state index is -1.24. The number of halogens is 1. The normalized spacial score (nSPS) is 9.23. The van der Waals surface area contributed by atoms with Crippen LogP contribution in [0.2, 0.25) is 0 Å². The summed E-state index contributed by atoms with van der Waals surface area (Å²) in [6.07, 6.45) is 0. The summed E-state index contributed by atoms with van der Waals surface area (Å²) in [4.78, 5) is 10.6. The highest BCUT2D eigenvalue weighted by atomic mass is 127. The van der Waals surface area contributed by atoms with Gasteiger partial charge in [-0.1, -0.05) is 0 Å². The van der Waals surface area contributed by atoms with E-state index in [4.69, 9.17) is 10.4 Å².